The van der Waals surface area contributed by atoms with Gasteiger partial charge in [0.2, 0.25) is 0 Å². The van der Waals surface area contributed by atoms with Crippen molar-refractivity contribution in [2.24, 2.45) is 0 Å². The molecule has 0 aromatic heterocycles. The first kappa shape index (κ1) is 17.7. The smallest absolute Gasteiger partial charge is 0.332 e. The van der Waals surface area contributed by atoms with Crippen molar-refractivity contribution in [2.45, 2.75) is 20.3 Å². The van der Waals surface area contributed by atoms with Crippen molar-refractivity contribution < 1.29 is 27.5 Å². The van der Waals surface area contributed by atoms with Crippen molar-refractivity contribution in [1.29, 1.82) is 0 Å². The molecule has 0 heterocycles. The Morgan fingerprint density at radius 1 is 1.27 bits per heavy atom. The molecule has 7 heteroatoms. The predicted octanol–water partition coefficient (Wildman–Crippen LogP) is 2.65. The van der Waals surface area contributed by atoms with Gasteiger partial charge in [0.15, 0.2) is 17.4 Å². The summed E-state index contributed by atoms with van der Waals surface area (Å²) in [6.07, 6.45) is 2.28. The van der Waals surface area contributed by atoms with E-state index in [9.17, 15) is 22.8 Å². The number of rotatable bonds is 7. The van der Waals surface area contributed by atoms with Crippen LogP contribution in [0.15, 0.2) is 18.3 Å². The average Bonchev–Trinajstić information content (AvgIpc) is 2.48. The standard InChI is InChI=1S/C15H16F3NO3/c1-3-22-13(21)5-7-19-6-4-12(20)10-8-11(16)15(18)9(2)14(10)17/h5,7-8,19H,3-4,6H2,1-2H3. The quantitative estimate of drug-likeness (QED) is 0.276. The van der Waals surface area contributed by atoms with E-state index in [4.69, 9.17) is 0 Å². The van der Waals surface area contributed by atoms with Crippen LogP contribution in [0.4, 0.5) is 13.2 Å². The number of carbonyl (C=O) groups is 2. The van der Waals surface area contributed by atoms with Crippen molar-refractivity contribution in [3.63, 3.8) is 0 Å². The van der Waals surface area contributed by atoms with E-state index in [2.05, 4.69) is 10.1 Å². The van der Waals surface area contributed by atoms with Gasteiger partial charge in [-0.1, -0.05) is 0 Å². The maximum absolute atomic E-state index is 13.7. The van der Waals surface area contributed by atoms with Crippen molar-refractivity contribution in [3.05, 3.63) is 46.9 Å². The van der Waals surface area contributed by atoms with E-state index >= 15 is 0 Å². The Kier molecular flexibility index (Phi) is 6.62. The fourth-order valence-corrected chi connectivity index (χ4v) is 1.65. The maximum Gasteiger partial charge on any atom is 0.332 e. The molecule has 0 saturated heterocycles. The molecule has 0 radical (unpaired) electrons. The summed E-state index contributed by atoms with van der Waals surface area (Å²) >= 11 is 0. The third kappa shape index (κ3) is 4.61. The Hall–Kier alpha value is -2.31. The molecule has 0 aliphatic rings. The van der Waals surface area contributed by atoms with Gasteiger partial charge < -0.3 is 10.1 Å². The lowest BCUT2D eigenvalue weighted by molar-refractivity contribution is -0.137. The second-order valence-electron chi connectivity index (χ2n) is 4.37. The lowest BCUT2D eigenvalue weighted by Crippen LogP contribution is -2.15. The summed E-state index contributed by atoms with van der Waals surface area (Å²) < 4.78 is 44.7. The lowest BCUT2D eigenvalue weighted by atomic mass is 10.0. The van der Waals surface area contributed by atoms with E-state index in [1.54, 1.807) is 6.92 Å². The molecule has 0 bridgehead atoms. The van der Waals surface area contributed by atoms with Crippen molar-refractivity contribution in [1.82, 2.24) is 5.32 Å². The Morgan fingerprint density at radius 2 is 1.95 bits per heavy atom. The van der Waals surface area contributed by atoms with Gasteiger partial charge in [0, 0.05) is 30.8 Å². The second-order valence-corrected chi connectivity index (χ2v) is 4.37. The molecule has 1 aromatic carbocycles. The van der Waals surface area contributed by atoms with E-state index in [1.807, 2.05) is 0 Å². The molecular formula is C15H16F3NO3. The fourth-order valence-electron chi connectivity index (χ4n) is 1.65. The molecule has 0 aliphatic heterocycles. The van der Waals surface area contributed by atoms with Gasteiger partial charge in [-0.3, -0.25) is 4.79 Å². The molecular weight excluding hydrogens is 299 g/mol. The summed E-state index contributed by atoms with van der Waals surface area (Å²) in [4.78, 5) is 22.8. The number of hydrogen-bond acceptors (Lipinski definition) is 4. The van der Waals surface area contributed by atoms with Crippen LogP contribution in [0.3, 0.4) is 0 Å². The number of Topliss-reactive ketones (excluding diaryl/α,β-unsaturated/α-hetero) is 1. The Labute approximate surface area is 126 Å². The minimum Gasteiger partial charge on any atom is -0.463 e. The van der Waals surface area contributed by atoms with Gasteiger partial charge >= 0.3 is 5.97 Å². The summed E-state index contributed by atoms with van der Waals surface area (Å²) in [6, 6.07) is 0.550. The highest BCUT2D eigenvalue weighted by Gasteiger charge is 2.19. The number of esters is 1. The predicted molar refractivity (Wildman–Crippen MR) is 73.8 cm³/mol. The van der Waals surface area contributed by atoms with E-state index in [0.29, 0.717) is 6.07 Å². The molecule has 120 valence electrons. The topological polar surface area (TPSA) is 55.4 Å². The molecule has 0 fully saturated rings. The normalized spacial score (nSPS) is 10.8. The molecule has 0 atom stereocenters. The van der Waals surface area contributed by atoms with Crippen LogP contribution in [0.1, 0.15) is 29.3 Å². The third-order valence-electron chi connectivity index (χ3n) is 2.80. The van der Waals surface area contributed by atoms with Crippen molar-refractivity contribution >= 4 is 11.8 Å². The Morgan fingerprint density at radius 3 is 2.59 bits per heavy atom. The van der Waals surface area contributed by atoms with Crippen LogP contribution in [-0.4, -0.2) is 24.9 Å². The number of halogens is 3. The van der Waals surface area contributed by atoms with Crippen molar-refractivity contribution in [3.8, 4) is 0 Å². The van der Waals surface area contributed by atoms with E-state index in [0.717, 1.165) is 13.0 Å². The minimum atomic E-state index is -1.30. The number of ketones is 1. The zero-order valence-corrected chi connectivity index (χ0v) is 12.2. The lowest BCUT2D eigenvalue weighted by Gasteiger charge is -2.07. The summed E-state index contributed by atoms with van der Waals surface area (Å²) in [6.45, 7) is 3.07. The van der Waals surface area contributed by atoms with Gasteiger partial charge in [-0.05, 0) is 19.9 Å². The first-order valence-corrected chi connectivity index (χ1v) is 6.62. The van der Waals surface area contributed by atoms with Gasteiger partial charge in [0.25, 0.3) is 0 Å². The monoisotopic (exact) mass is 315 g/mol. The Bertz CT molecular complexity index is 600. The van der Waals surface area contributed by atoms with Gasteiger partial charge in [-0.2, -0.15) is 0 Å². The maximum atomic E-state index is 13.7. The van der Waals surface area contributed by atoms with Crippen LogP contribution in [0.5, 0.6) is 0 Å². The number of benzene rings is 1. The van der Waals surface area contributed by atoms with Crippen LogP contribution >= 0.6 is 0 Å². The SMILES string of the molecule is CCOC(=O)C=CNCCC(=O)c1cc(F)c(F)c(C)c1F. The molecule has 0 amide bonds. The minimum absolute atomic E-state index is 0.103. The number of nitrogens with one attached hydrogen (secondary N) is 1. The molecule has 4 nitrogen and oxygen atoms in total. The highest BCUT2D eigenvalue weighted by atomic mass is 19.2. The van der Waals surface area contributed by atoms with Crippen LogP contribution in [0, 0.1) is 24.4 Å². The average molecular weight is 315 g/mol. The van der Waals surface area contributed by atoms with Gasteiger partial charge in [-0.15, -0.1) is 0 Å². The van der Waals surface area contributed by atoms with E-state index < -0.39 is 40.3 Å². The Balaban J connectivity index is 2.59. The van der Waals surface area contributed by atoms with Gasteiger partial charge in [0.1, 0.15) is 5.82 Å². The molecule has 1 rings (SSSR count). The zero-order valence-electron chi connectivity index (χ0n) is 12.2. The van der Waals surface area contributed by atoms with Crippen molar-refractivity contribution in [2.75, 3.05) is 13.2 Å². The largest absolute Gasteiger partial charge is 0.463 e. The third-order valence-corrected chi connectivity index (χ3v) is 2.80. The molecule has 1 aromatic rings. The number of ether oxygens (including phenoxy) is 1. The highest BCUT2D eigenvalue weighted by molar-refractivity contribution is 5.96. The second kappa shape index (κ2) is 8.21. The van der Waals surface area contributed by atoms with Crippen LogP contribution in [-0.2, 0) is 9.53 Å². The molecule has 22 heavy (non-hydrogen) atoms. The zero-order chi connectivity index (χ0) is 16.7. The summed E-state index contributed by atoms with van der Waals surface area (Å²) in [7, 11) is 0. The molecule has 0 spiro atoms. The van der Waals surface area contributed by atoms with E-state index in [-0.39, 0.29) is 19.6 Å². The molecule has 0 unspecified atom stereocenters. The first-order chi connectivity index (χ1) is 10.4. The van der Waals surface area contributed by atoms with Gasteiger partial charge in [-0.25, -0.2) is 18.0 Å². The summed E-state index contributed by atoms with van der Waals surface area (Å²) in [5.74, 6) is -4.84. The molecule has 0 aliphatic carbocycles. The van der Waals surface area contributed by atoms with Crippen LogP contribution in [0.2, 0.25) is 0 Å². The first-order valence-electron chi connectivity index (χ1n) is 6.62. The van der Waals surface area contributed by atoms with Crippen LogP contribution in [0.25, 0.3) is 0 Å². The van der Waals surface area contributed by atoms with Crippen LogP contribution < -0.4 is 5.32 Å². The summed E-state index contributed by atoms with van der Waals surface area (Å²) in [5.41, 5.74) is -1.02. The molecule has 0 saturated carbocycles. The van der Waals surface area contributed by atoms with Gasteiger partial charge in [0.05, 0.1) is 12.2 Å². The molecule has 1 N–H and O–H groups in total. The van der Waals surface area contributed by atoms with E-state index in [1.165, 1.54) is 6.20 Å². The highest BCUT2D eigenvalue weighted by Crippen LogP contribution is 2.20. The number of carbonyl (C=O) groups excluding carboxylic acids is 2. The summed E-state index contributed by atoms with van der Waals surface area (Å²) in [5, 5.41) is 2.64. The number of hydrogen-bond donors (Lipinski definition) is 1. The fraction of sp³-hybridized carbons (Fsp3) is 0.333.